The molecule has 0 spiro atoms. The molecule has 2 heterocycles. The van der Waals surface area contributed by atoms with Gasteiger partial charge in [0.1, 0.15) is 5.82 Å². The van der Waals surface area contributed by atoms with E-state index in [2.05, 4.69) is 33.9 Å². The highest BCUT2D eigenvalue weighted by atomic mass is 15.3. The SMILES string of the molecule is CCCC(C)c1nnc2n1CCNC2C1CC1. The molecule has 1 aromatic heterocycles. The van der Waals surface area contributed by atoms with Gasteiger partial charge in [0.2, 0.25) is 0 Å². The van der Waals surface area contributed by atoms with Crippen LogP contribution < -0.4 is 5.32 Å². The van der Waals surface area contributed by atoms with Crippen LogP contribution in [0.15, 0.2) is 0 Å². The quantitative estimate of drug-likeness (QED) is 0.868. The summed E-state index contributed by atoms with van der Waals surface area (Å²) in [5.41, 5.74) is 0. The highest BCUT2D eigenvalue weighted by Crippen LogP contribution is 2.41. The van der Waals surface area contributed by atoms with Gasteiger partial charge in [-0.2, -0.15) is 0 Å². The van der Waals surface area contributed by atoms with Gasteiger partial charge in [0.25, 0.3) is 0 Å². The van der Waals surface area contributed by atoms with Gasteiger partial charge in [-0.05, 0) is 25.2 Å². The normalized spacial score (nSPS) is 25.6. The van der Waals surface area contributed by atoms with E-state index in [1.807, 2.05) is 0 Å². The van der Waals surface area contributed by atoms with Crippen LogP contribution >= 0.6 is 0 Å². The summed E-state index contributed by atoms with van der Waals surface area (Å²) in [7, 11) is 0. The number of nitrogens with one attached hydrogen (secondary N) is 1. The van der Waals surface area contributed by atoms with Crippen molar-refractivity contribution in [3.63, 3.8) is 0 Å². The summed E-state index contributed by atoms with van der Waals surface area (Å²) >= 11 is 0. The second-order valence-corrected chi connectivity index (χ2v) is 5.53. The zero-order valence-electron chi connectivity index (χ0n) is 10.8. The van der Waals surface area contributed by atoms with Gasteiger partial charge in [-0.15, -0.1) is 10.2 Å². The Balaban J connectivity index is 1.87. The lowest BCUT2D eigenvalue weighted by molar-refractivity contribution is 0.372. The van der Waals surface area contributed by atoms with E-state index < -0.39 is 0 Å². The van der Waals surface area contributed by atoms with Crippen LogP contribution in [0.1, 0.15) is 63.1 Å². The lowest BCUT2D eigenvalue weighted by Gasteiger charge is -2.25. The molecule has 2 atom stereocenters. The van der Waals surface area contributed by atoms with E-state index in [1.54, 1.807) is 0 Å². The van der Waals surface area contributed by atoms with Gasteiger partial charge in [0.05, 0.1) is 6.04 Å². The van der Waals surface area contributed by atoms with E-state index in [0.29, 0.717) is 12.0 Å². The van der Waals surface area contributed by atoms with Gasteiger partial charge in [-0.25, -0.2) is 0 Å². The minimum Gasteiger partial charge on any atom is -0.312 e. The number of hydrogen-bond donors (Lipinski definition) is 1. The molecule has 0 aromatic carbocycles. The molecular formula is C13H22N4. The summed E-state index contributed by atoms with van der Waals surface area (Å²) in [4.78, 5) is 0. The maximum Gasteiger partial charge on any atom is 0.150 e. The summed E-state index contributed by atoms with van der Waals surface area (Å²) in [6, 6.07) is 0.471. The molecular weight excluding hydrogens is 212 g/mol. The van der Waals surface area contributed by atoms with E-state index in [1.165, 1.54) is 37.3 Å². The van der Waals surface area contributed by atoms with E-state index in [-0.39, 0.29) is 0 Å². The molecule has 1 aliphatic heterocycles. The summed E-state index contributed by atoms with van der Waals surface area (Å²) in [5.74, 6) is 3.75. The molecule has 0 saturated heterocycles. The van der Waals surface area contributed by atoms with Gasteiger partial charge in [-0.1, -0.05) is 20.3 Å². The topological polar surface area (TPSA) is 42.7 Å². The summed E-state index contributed by atoms with van der Waals surface area (Å²) in [5, 5.41) is 12.5. The van der Waals surface area contributed by atoms with E-state index in [0.717, 1.165) is 19.0 Å². The van der Waals surface area contributed by atoms with Gasteiger partial charge >= 0.3 is 0 Å². The number of rotatable bonds is 4. The fourth-order valence-electron chi connectivity index (χ4n) is 2.94. The molecule has 1 aliphatic carbocycles. The first kappa shape index (κ1) is 11.2. The van der Waals surface area contributed by atoms with Gasteiger partial charge < -0.3 is 9.88 Å². The van der Waals surface area contributed by atoms with Crippen LogP contribution in [0.3, 0.4) is 0 Å². The molecule has 1 fully saturated rings. The Morgan fingerprint density at radius 1 is 1.41 bits per heavy atom. The first-order valence-corrected chi connectivity index (χ1v) is 6.97. The van der Waals surface area contributed by atoms with Crippen molar-refractivity contribution in [1.82, 2.24) is 20.1 Å². The highest BCUT2D eigenvalue weighted by molar-refractivity contribution is 5.10. The predicted molar refractivity (Wildman–Crippen MR) is 66.8 cm³/mol. The average molecular weight is 234 g/mol. The molecule has 1 saturated carbocycles. The Morgan fingerprint density at radius 3 is 2.94 bits per heavy atom. The molecule has 1 N–H and O–H groups in total. The molecule has 94 valence electrons. The van der Waals surface area contributed by atoms with Crippen molar-refractivity contribution in [2.24, 2.45) is 5.92 Å². The number of hydrogen-bond acceptors (Lipinski definition) is 3. The third kappa shape index (κ3) is 1.99. The van der Waals surface area contributed by atoms with E-state index in [9.17, 15) is 0 Å². The average Bonchev–Trinajstić information content (AvgIpc) is 3.07. The van der Waals surface area contributed by atoms with Crippen molar-refractivity contribution in [2.75, 3.05) is 6.54 Å². The molecule has 2 unspecified atom stereocenters. The minimum atomic E-state index is 0.471. The number of nitrogens with zero attached hydrogens (tertiary/aromatic N) is 3. The summed E-state index contributed by atoms with van der Waals surface area (Å²) < 4.78 is 2.37. The van der Waals surface area contributed by atoms with Crippen molar-refractivity contribution >= 4 is 0 Å². The Labute approximate surface area is 103 Å². The lowest BCUT2D eigenvalue weighted by atomic mass is 10.0. The minimum absolute atomic E-state index is 0.471. The molecule has 17 heavy (non-hydrogen) atoms. The summed E-state index contributed by atoms with van der Waals surface area (Å²) in [6.45, 7) is 6.61. The van der Waals surface area contributed by atoms with Crippen molar-refractivity contribution < 1.29 is 0 Å². The van der Waals surface area contributed by atoms with Crippen LogP contribution in [0.25, 0.3) is 0 Å². The Bertz CT molecular complexity index is 394. The second-order valence-electron chi connectivity index (χ2n) is 5.53. The van der Waals surface area contributed by atoms with Gasteiger partial charge in [0, 0.05) is 19.0 Å². The standard InChI is InChI=1S/C13H22N4/c1-3-4-9(2)12-15-16-13-11(10-5-6-10)14-7-8-17(12)13/h9-11,14H,3-8H2,1-2H3. The van der Waals surface area contributed by atoms with Crippen molar-refractivity contribution in [3.8, 4) is 0 Å². The maximum atomic E-state index is 4.45. The molecule has 0 radical (unpaired) electrons. The molecule has 2 aliphatic rings. The van der Waals surface area contributed by atoms with E-state index in [4.69, 9.17) is 0 Å². The van der Waals surface area contributed by atoms with Crippen molar-refractivity contribution in [2.45, 2.75) is 58.0 Å². The lowest BCUT2D eigenvalue weighted by Crippen LogP contribution is -2.35. The second kappa shape index (κ2) is 4.41. The molecule has 0 bridgehead atoms. The van der Waals surface area contributed by atoms with Gasteiger partial charge in [0.15, 0.2) is 5.82 Å². The molecule has 3 rings (SSSR count). The molecule has 4 nitrogen and oxygen atoms in total. The third-order valence-corrected chi connectivity index (χ3v) is 4.04. The highest BCUT2D eigenvalue weighted by Gasteiger charge is 2.37. The zero-order chi connectivity index (χ0) is 11.8. The molecule has 4 heteroatoms. The zero-order valence-corrected chi connectivity index (χ0v) is 10.8. The number of aromatic nitrogens is 3. The summed E-state index contributed by atoms with van der Waals surface area (Å²) in [6.07, 6.45) is 5.13. The Hall–Kier alpha value is -0.900. The predicted octanol–water partition coefficient (Wildman–Crippen LogP) is 2.24. The third-order valence-electron chi connectivity index (χ3n) is 4.04. The number of fused-ring (bicyclic) bond motifs is 1. The first-order chi connectivity index (χ1) is 8.31. The van der Waals surface area contributed by atoms with Crippen molar-refractivity contribution in [1.29, 1.82) is 0 Å². The maximum absolute atomic E-state index is 4.45. The largest absolute Gasteiger partial charge is 0.312 e. The van der Waals surface area contributed by atoms with Crippen molar-refractivity contribution in [3.05, 3.63) is 11.6 Å². The van der Waals surface area contributed by atoms with Crippen LogP contribution in [0.4, 0.5) is 0 Å². The van der Waals surface area contributed by atoms with Crippen LogP contribution in [-0.4, -0.2) is 21.3 Å². The van der Waals surface area contributed by atoms with Crippen LogP contribution in [0, 0.1) is 5.92 Å². The fourth-order valence-corrected chi connectivity index (χ4v) is 2.94. The molecule has 0 amide bonds. The smallest absolute Gasteiger partial charge is 0.150 e. The monoisotopic (exact) mass is 234 g/mol. The Kier molecular flexibility index (Phi) is 2.90. The van der Waals surface area contributed by atoms with Crippen LogP contribution in [0.2, 0.25) is 0 Å². The van der Waals surface area contributed by atoms with Gasteiger partial charge in [-0.3, -0.25) is 0 Å². The molecule has 1 aromatic rings. The fraction of sp³-hybridized carbons (Fsp3) is 0.846. The van der Waals surface area contributed by atoms with Crippen LogP contribution in [-0.2, 0) is 6.54 Å². The van der Waals surface area contributed by atoms with Crippen LogP contribution in [0.5, 0.6) is 0 Å². The first-order valence-electron chi connectivity index (χ1n) is 6.97. The Morgan fingerprint density at radius 2 is 2.24 bits per heavy atom. The van der Waals surface area contributed by atoms with E-state index >= 15 is 0 Å².